The summed E-state index contributed by atoms with van der Waals surface area (Å²) in [4.78, 5) is 27.8. The maximum Gasteiger partial charge on any atom is 0.237 e. The molecule has 0 saturated carbocycles. The van der Waals surface area contributed by atoms with Crippen LogP contribution in [0.4, 0.5) is 5.69 Å². The first-order valence-electron chi connectivity index (χ1n) is 12.0. The molecular formula is C26H41ClN2O3Si. The van der Waals surface area contributed by atoms with E-state index >= 15 is 0 Å². The van der Waals surface area contributed by atoms with E-state index in [0.29, 0.717) is 31.0 Å². The second kappa shape index (κ2) is 11.7. The molecule has 3 atom stereocenters. The molecule has 3 unspecified atom stereocenters. The Bertz CT molecular complexity index is 867. The van der Waals surface area contributed by atoms with Crippen LogP contribution >= 0.6 is 11.6 Å². The Morgan fingerprint density at radius 2 is 2.00 bits per heavy atom. The van der Waals surface area contributed by atoms with Crippen molar-refractivity contribution >= 4 is 37.2 Å². The van der Waals surface area contributed by atoms with Gasteiger partial charge in [0.1, 0.15) is 5.41 Å². The van der Waals surface area contributed by atoms with Crippen molar-refractivity contribution in [1.82, 2.24) is 4.90 Å². The van der Waals surface area contributed by atoms with Crippen molar-refractivity contribution in [2.75, 3.05) is 24.9 Å². The average Bonchev–Trinajstić information content (AvgIpc) is 3.07. The molecule has 1 fully saturated rings. The molecule has 2 aliphatic heterocycles. The molecule has 7 heteroatoms. The van der Waals surface area contributed by atoms with Crippen LogP contribution in [0.3, 0.4) is 0 Å². The fraction of sp³-hybridized carbons (Fsp3) is 0.615. The lowest BCUT2D eigenvalue weighted by molar-refractivity contribution is -0.141. The van der Waals surface area contributed by atoms with Gasteiger partial charge in [0.15, 0.2) is 0 Å². The van der Waals surface area contributed by atoms with Gasteiger partial charge in [-0.2, -0.15) is 0 Å². The van der Waals surface area contributed by atoms with Gasteiger partial charge in [-0.1, -0.05) is 56.4 Å². The number of benzene rings is 1. The second-order valence-corrected chi connectivity index (χ2v) is 15.9. The molecule has 0 aliphatic carbocycles. The monoisotopic (exact) mass is 492 g/mol. The normalized spacial score (nSPS) is 23.7. The summed E-state index contributed by atoms with van der Waals surface area (Å²) in [6.45, 7) is 13.7. The molecule has 1 spiro atoms. The van der Waals surface area contributed by atoms with E-state index in [9.17, 15) is 9.59 Å². The minimum absolute atomic E-state index is 0.00914. The van der Waals surface area contributed by atoms with Gasteiger partial charge in [0.25, 0.3) is 0 Å². The number of ether oxygens (including phenoxy) is 1. The van der Waals surface area contributed by atoms with Gasteiger partial charge in [-0.05, 0) is 44.7 Å². The summed E-state index contributed by atoms with van der Waals surface area (Å²) in [5.41, 5.74) is 2.81. The fourth-order valence-electron chi connectivity index (χ4n) is 4.76. The topological polar surface area (TPSA) is 58.6 Å². The number of carbonyl (C=O) groups is 2. The number of anilines is 1. The first-order valence-corrected chi connectivity index (χ1v) is 16.1. The number of fused-ring (bicyclic) bond motifs is 2. The van der Waals surface area contributed by atoms with Crippen LogP contribution in [0.2, 0.25) is 19.6 Å². The molecule has 2 amide bonds. The Kier molecular flexibility index (Phi) is 9.77. The number of hydrogen-bond donors (Lipinski definition) is 1. The first-order chi connectivity index (χ1) is 15.6. The van der Waals surface area contributed by atoms with Crippen LogP contribution in [0.15, 0.2) is 35.9 Å². The van der Waals surface area contributed by atoms with E-state index < -0.39 is 13.5 Å². The molecule has 1 saturated heterocycles. The maximum atomic E-state index is 13.2. The van der Waals surface area contributed by atoms with Gasteiger partial charge in [-0.3, -0.25) is 9.59 Å². The van der Waals surface area contributed by atoms with Gasteiger partial charge >= 0.3 is 0 Å². The van der Waals surface area contributed by atoms with Crippen molar-refractivity contribution < 1.29 is 14.3 Å². The molecular weight excluding hydrogens is 452 g/mol. The summed E-state index contributed by atoms with van der Waals surface area (Å²) < 4.78 is 5.18. The number of halogens is 1. The highest BCUT2D eigenvalue weighted by atomic mass is 35.5. The number of amides is 2. The molecule has 0 bridgehead atoms. The van der Waals surface area contributed by atoms with Gasteiger partial charge in [0, 0.05) is 37.4 Å². The molecule has 5 nitrogen and oxygen atoms in total. The zero-order valence-corrected chi connectivity index (χ0v) is 23.1. The van der Waals surface area contributed by atoms with Crippen molar-refractivity contribution in [3.05, 3.63) is 41.5 Å². The third-order valence-electron chi connectivity index (χ3n) is 7.13. The van der Waals surface area contributed by atoms with E-state index in [2.05, 4.69) is 44.9 Å². The third kappa shape index (κ3) is 5.72. The first kappa shape index (κ1) is 27.6. The Labute approximate surface area is 205 Å². The third-order valence-corrected chi connectivity index (χ3v) is 10.1. The molecule has 3 rings (SSSR count). The predicted octanol–water partition coefficient (Wildman–Crippen LogP) is 5.75. The Morgan fingerprint density at radius 1 is 1.33 bits per heavy atom. The number of nitrogens with zero attached hydrogens (tertiary/aromatic N) is 1. The lowest BCUT2D eigenvalue weighted by Gasteiger charge is -2.48. The summed E-state index contributed by atoms with van der Waals surface area (Å²) in [5, 5.41) is 3.05. The molecule has 2 aliphatic rings. The van der Waals surface area contributed by atoms with E-state index in [0.717, 1.165) is 29.7 Å². The van der Waals surface area contributed by atoms with Gasteiger partial charge < -0.3 is 15.0 Å². The Balaban J connectivity index is 0.000000414. The number of methoxy groups -OCH3 is 1. The van der Waals surface area contributed by atoms with E-state index in [-0.39, 0.29) is 17.9 Å². The summed E-state index contributed by atoms with van der Waals surface area (Å²) in [6, 6.07) is 7.63. The molecule has 1 aromatic carbocycles. The van der Waals surface area contributed by atoms with Crippen LogP contribution in [0.25, 0.3) is 0 Å². The largest absolute Gasteiger partial charge is 0.385 e. The van der Waals surface area contributed by atoms with Crippen LogP contribution in [0.5, 0.6) is 0 Å². The van der Waals surface area contributed by atoms with Crippen LogP contribution in [0.1, 0.15) is 52.0 Å². The predicted molar refractivity (Wildman–Crippen MR) is 141 cm³/mol. The number of nitrogens with one attached hydrogen (secondary N) is 1. The van der Waals surface area contributed by atoms with Crippen molar-refractivity contribution in [2.45, 2.75) is 83.3 Å². The molecule has 1 N–H and O–H groups in total. The van der Waals surface area contributed by atoms with Crippen molar-refractivity contribution in [3.8, 4) is 0 Å². The zero-order valence-electron chi connectivity index (χ0n) is 21.3. The van der Waals surface area contributed by atoms with Crippen LogP contribution in [-0.2, 0) is 19.7 Å². The summed E-state index contributed by atoms with van der Waals surface area (Å²) in [5.74, 6) is 0.629. The fourth-order valence-corrected chi connectivity index (χ4v) is 5.59. The number of allylic oxidation sites excluding steroid dienone is 1. The number of carbonyl (C=O) groups excluding carboxylic acids is 2. The Hall–Kier alpha value is -1.63. The quantitative estimate of drug-likeness (QED) is 0.299. The smallest absolute Gasteiger partial charge is 0.237 e. The van der Waals surface area contributed by atoms with Crippen molar-refractivity contribution in [1.29, 1.82) is 0 Å². The van der Waals surface area contributed by atoms with Crippen molar-refractivity contribution in [3.63, 3.8) is 0 Å². The number of rotatable bonds is 7. The van der Waals surface area contributed by atoms with E-state index in [1.807, 2.05) is 36.1 Å². The second-order valence-electron chi connectivity index (χ2n) is 9.96. The minimum Gasteiger partial charge on any atom is -0.385 e. The zero-order chi connectivity index (χ0) is 24.8. The molecule has 184 valence electrons. The lowest BCUT2D eigenvalue weighted by Crippen LogP contribution is -2.60. The SMILES string of the molecule is CC=C(CC)C1N(CCCCl)C(=O)CCC12C(=O)Nc1ccccc12.COC(C)[Si](C)(C)C. The average molecular weight is 493 g/mol. The van der Waals surface area contributed by atoms with Crippen molar-refractivity contribution in [2.24, 2.45) is 0 Å². The highest BCUT2D eigenvalue weighted by molar-refractivity contribution is 6.77. The standard InChI is InChI=1S/C20H25ClN2O2.C6H16OSi/c1-3-14(4-2)18-20(11-10-17(24)23(18)13-7-12-21)15-8-5-6-9-16(15)22-19(20)25;1-6(7-2)8(3,4)5/h3,5-6,8-9,18H,4,7,10-13H2,1-2H3,(H,22,25);6H,1-5H3. The summed E-state index contributed by atoms with van der Waals surface area (Å²) >= 11 is 5.89. The van der Waals surface area contributed by atoms with Crippen LogP contribution < -0.4 is 5.32 Å². The molecule has 2 heterocycles. The number of para-hydroxylation sites is 1. The highest BCUT2D eigenvalue weighted by Crippen LogP contribution is 2.50. The van der Waals surface area contributed by atoms with E-state index in [1.54, 1.807) is 7.11 Å². The number of hydrogen-bond acceptors (Lipinski definition) is 3. The van der Waals surface area contributed by atoms with Crippen LogP contribution in [-0.4, -0.2) is 56.1 Å². The number of likely N-dealkylation sites (tertiary alicyclic amines) is 1. The Morgan fingerprint density at radius 3 is 2.52 bits per heavy atom. The minimum atomic E-state index is -0.983. The van der Waals surface area contributed by atoms with Gasteiger partial charge in [0.05, 0.1) is 14.1 Å². The lowest BCUT2D eigenvalue weighted by atomic mass is 9.66. The summed E-state index contributed by atoms with van der Waals surface area (Å²) in [6.07, 6.45) is 4.54. The highest BCUT2D eigenvalue weighted by Gasteiger charge is 2.57. The van der Waals surface area contributed by atoms with Gasteiger partial charge in [-0.15, -0.1) is 11.6 Å². The molecule has 0 radical (unpaired) electrons. The van der Waals surface area contributed by atoms with Gasteiger partial charge in [-0.25, -0.2) is 0 Å². The molecule has 1 aromatic rings. The maximum absolute atomic E-state index is 13.2. The molecule has 33 heavy (non-hydrogen) atoms. The van der Waals surface area contributed by atoms with Crippen LogP contribution in [0, 0.1) is 0 Å². The number of alkyl halides is 1. The van der Waals surface area contributed by atoms with E-state index in [4.69, 9.17) is 16.3 Å². The summed E-state index contributed by atoms with van der Waals surface area (Å²) in [7, 11) is 0.798. The van der Waals surface area contributed by atoms with E-state index in [1.165, 1.54) is 0 Å². The number of piperidine rings is 1. The van der Waals surface area contributed by atoms with Gasteiger partial charge in [0.2, 0.25) is 11.8 Å². The molecule has 0 aromatic heterocycles.